The molecule has 2 N–H and O–H groups in total. The van der Waals surface area contributed by atoms with Crippen molar-refractivity contribution in [1.82, 2.24) is 0 Å². The summed E-state index contributed by atoms with van der Waals surface area (Å²) >= 11 is 12.2. The average molecular weight is 512 g/mol. The van der Waals surface area contributed by atoms with E-state index in [2.05, 4.69) is 10.6 Å². The maximum atomic E-state index is 13.0. The summed E-state index contributed by atoms with van der Waals surface area (Å²) < 4.78 is 10.5. The van der Waals surface area contributed by atoms with Gasteiger partial charge in [0.05, 0.1) is 25.6 Å². The quantitative estimate of drug-likeness (QED) is 0.431. The Morgan fingerprint density at radius 1 is 0.886 bits per heavy atom. The first-order valence-corrected chi connectivity index (χ1v) is 11.0. The Bertz CT molecular complexity index is 1370. The second-order valence-electron chi connectivity index (χ2n) is 7.34. The largest absolute Gasteiger partial charge is 0.497 e. The van der Waals surface area contributed by atoms with Crippen molar-refractivity contribution in [3.63, 3.8) is 0 Å². The molecular formula is C25H19Cl2N3O5. The second-order valence-corrected chi connectivity index (χ2v) is 8.16. The summed E-state index contributed by atoms with van der Waals surface area (Å²) in [5.74, 6) is -0.735. The maximum absolute atomic E-state index is 13.0. The number of carbonyl (C=O) groups is 3. The Hall–Kier alpha value is -4.01. The van der Waals surface area contributed by atoms with Crippen LogP contribution in [0.25, 0.3) is 0 Å². The third kappa shape index (κ3) is 4.94. The molecule has 0 atom stereocenters. The topological polar surface area (TPSA) is 97.0 Å². The SMILES string of the molecule is COc1ccc(OC)c(NC(=O)c2cccc(NC3=C(Cl)C(=O)N(c4cccc(Cl)c4)C3=O)c2)c1. The molecule has 35 heavy (non-hydrogen) atoms. The summed E-state index contributed by atoms with van der Waals surface area (Å²) in [5.41, 5.74) is 1.29. The van der Waals surface area contributed by atoms with Crippen LogP contribution >= 0.6 is 23.2 Å². The van der Waals surface area contributed by atoms with Crippen LogP contribution in [0.2, 0.25) is 5.02 Å². The number of nitrogens with zero attached hydrogens (tertiary/aromatic N) is 1. The first-order valence-electron chi connectivity index (χ1n) is 10.3. The van der Waals surface area contributed by atoms with E-state index in [1.54, 1.807) is 54.6 Å². The van der Waals surface area contributed by atoms with E-state index in [4.69, 9.17) is 32.7 Å². The molecule has 10 heteroatoms. The molecule has 3 aromatic rings. The zero-order chi connectivity index (χ0) is 25.1. The fourth-order valence-electron chi connectivity index (χ4n) is 3.45. The average Bonchev–Trinajstić information content (AvgIpc) is 3.07. The number of methoxy groups -OCH3 is 2. The third-order valence-corrected chi connectivity index (χ3v) is 5.73. The van der Waals surface area contributed by atoms with E-state index in [0.717, 1.165) is 4.90 Å². The molecule has 0 bridgehead atoms. The van der Waals surface area contributed by atoms with Gasteiger partial charge in [-0.2, -0.15) is 0 Å². The van der Waals surface area contributed by atoms with Gasteiger partial charge in [0, 0.05) is 22.3 Å². The number of anilines is 3. The summed E-state index contributed by atoms with van der Waals surface area (Å²) in [7, 11) is 3.01. The molecule has 0 radical (unpaired) electrons. The van der Waals surface area contributed by atoms with Crippen LogP contribution in [0.5, 0.6) is 11.5 Å². The fraction of sp³-hybridized carbons (Fsp3) is 0.0800. The van der Waals surface area contributed by atoms with Gasteiger partial charge in [-0.05, 0) is 48.5 Å². The molecular weight excluding hydrogens is 493 g/mol. The standard InChI is InChI=1S/C25H19Cl2N3O5/c1-34-18-9-10-20(35-2)19(13-18)29-23(31)14-5-3-7-16(11-14)28-22-21(27)24(32)30(25(22)33)17-8-4-6-15(26)12-17/h3-13,28H,1-2H3,(H,29,31). The van der Waals surface area contributed by atoms with Crippen LogP contribution in [0.3, 0.4) is 0 Å². The molecule has 0 fully saturated rings. The van der Waals surface area contributed by atoms with Crippen molar-refractivity contribution < 1.29 is 23.9 Å². The molecule has 0 aliphatic carbocycles. The van der Waals surface area contributed by atoms with Crippen LogP contribution in [-0.4, -0.2) is 31.9 Å². The van der Waals surface area contributed by atoms with E-state index in [1.807, 2.05) is 0 Å². The normalized spacial score (nSPS) is 13.2. The Labute approximate surface area is 211 Å². The predicted octanol–water partition coefficient (Wildman–Crippen LogP) is 5.05. The van der Waals surface area contributed by atoms with Crippen LogP contribution < -0.4 is 25.0 Å². The van der Waals surface area contributed by atoms with Gasteiger partial charge in [0.15, 0.2) is 0 Å². The number of imide groups is 1. The van der Waals surface area contributed by atoms with Crippen molar-refractivity contribution in [2.45, 2.75) is 0 Å². The van der Waals surface area contributed by atoms with Crippen molar-refractivity contribution in [2.75, 3.05) is 29.8 Å². The highest BCUT2D eigenvalue weighted by atomic mass is 35.5. The molecule has 0 spiro atoms. The summed E-state index contributed by atoms with van der Waals surface area (Å²) in [6, 6.07) is 17.7. The van der Waals surface area contributed by atoms with E-state index in [0.29, 0.717) is 39.1 Å². The predicted molar refractivity (Wildman–Crippen MR) is 134 cm³/mol. The summed E-state index contributed by atoms with van der Waals surface area (Å²) in [5, 5.41) is 5.74. The molecule has 3 aromatic carbocycles. The highest BCUT2D eigenvalue weighted by Gasteiger charge is 2.39. The first kappa shape index (κ1) is 24.1. The van der Waals surface area contributed by atoms with E-state index in [1.165, 1.54) is 26.4 Å². The molecule has 8 nitrogen and oxygen atoms in total. The Kier molecular flexibility index (Phi) is 6.95. The number of nitrogens with one attached hydrogen (secondary N) is 2. The first-order chi connectivity index (χ1) is 16.8. The van der Waals surface area contributed by atoms with Crippen molar-refractivity contribution in [3.8, 4) is 11.5 Å². The minimum atomic E-state index is -0.680. The minimum Gasteiger partial charge on any atom is -0.497 e. The number of ether oxygens (including phenoxy) is 2. The van der Waals surface area contributed by atoms with E-state index in [9.17, 15) is 14.4 Å². The van der Waals surface area contributed by atoms with Gasteiger partial charge in [-0.3, -0.25) is 14.4 Å². The zero-order valence-electron chi connectivity index (χ0n) is 18.6. The number of halogens is 2. The highest BCUT2D eigenvalue weighted by molar-refractivity contribution is 6.53. The number of hydrogen-bond acceptors (Lipinski definition) is 6. The Morgan fingerprint density at radius 2 is 1.66 bits per heavy atom. The van der Waals surface area contributed by atoms with Gasteiger partial charge in [-0.1, -0.05) is 35.3 Å². The Balaban J connectivity index is 1.55. The lowest BCUT2D eigenvalue weighted by Crippen LogP contribution is -2.32. The molecule has 4 rings (SSSR count). The molecule has 0 unspecified atom stereocenters. The van der Waals surface area contributed by atoms with E-state index >= 15 is 0 Å². The van der Waals surface area contributed by atoms with E-state index < -0.39 is 17.7 Å². The van der Waals surface area contributed by atoms with Crippen LogP contribution in [0.1, 0.15) is 10.4 Å². The highest BCUT2D eigenvalue weighted by Crippen LogP contribution is 2.32. The second kappa shape index (κ2) is 10.1. The van der Waals surface area contributed by atoms with Crippen LogP contribution in [-0.2, 0) is 9.59 Å². The van der Waals surface area contributed by atoms with Gasteiger partial charge in [0.2, 0.25) is 0 Å². The molecule has 178 valence electrons. The molecule has 1 aliphatic rings. The lowest BCUT2D eigenvalue weighted by Gasteiger charge is -2.15. The fourth-order valence-corrected chi connectivity index (χ4v) is 3.85. The number of carbonyl (C=O) groups excluding carboxylic acids is 3. The Morgan fingerprint density at radius 3 is 2.37 bits per heavy atom. The van der Waals surface area contributed by atoms with Crippen LogP contribution in [0.15, 0.2) is 77.5 Å². The van der Waals surface area contributed by atoms with E-state index in [-0.39, 0.29) is 10.7 Å². The summed E-state index contributed by atoms with van der Waals surface area (Å²) in [6.45, 7) is 0. The van der Waals surface area contributed by atoms with Gasteiger partial charge in [0.25, 0.3) is 17.7 Å². The van der Waals surface area contributed by atoms with Crippen molar-refractivity contribution in [1.29, 1.82) is 0 Å². The summed E-state index contributed by atoms with van der Waals surface area (Å²) in [4.78, 5) is 39.5. The van der Waals surface area contributed by atoms with Crippen molar-refractivity contribution in [3.05, 3.63) is 88.0 Å². The number of rotatable bonds is 7. The lowest BCUT2D eigenvalue weighted by atomic mass is 10.1. The zero-order valence-corrected chi connectivity index (χ0v) is 20.1. The smallest absolute Gasteiger partial charge is 0.283 e. The molecule has 1 aliphatic heterocycles. The molecule has 0 saturated carbocycles. The van der Waals surface area contributed by atoms with Crippen LogP contribution in [0, 0.1) is 0 Å². The molecule has 1 heterocycles. The van der Waals surface area contributed by atoms with Gasteiger partial charge in [0.1, 0.15) is 22.2 Å². The number of benzene rings is 3. The van der Waals surface area contributed by atoms with Gasteiger partial charge < -0.3 is 20.1 Å². The van der Waals surface area contributed by atoms with Crippen molar-refractivity contribution >= 4 is 58.0 Å². The number of amides is 3. The van der Waals surface area contributed by atoms with Gasteiger partial charge >= 0.3 is 0 Å². The van der Waals surface area contributed by atoms with Gasteiger partial charge in [-0.15, -0.1) is 0 Å². The molecule has 0 saturated heterocycles. The van der Waals surface area contributed by atoms with Crippen molar-refractivity contribution in [2.24, 2.45) is 0 Å². The molecule has 0 aromatic heterocycles. The molecule has 3 amide bonds. The third-order valence-electron chi connectivity index (χ3n) is 5.14. The lowest BCUT2D eigenvalue weighted by molar-refractivity contribution is -0.120. The number of hydrogen-bond donors (Lipinski definition) is 2. The van der Waals surface area contributed by atoms with Crippen LogP contribution in [0.4, 0.5) is 17.1 Å². The monoisotopic (exact) mass is 511 g/mol. The summed E-state index contributed by atoms with van der Waals surface area (Å²) in [6.07, 6.45) is 0. The minimum absolute atomic E-state index is 0.108. The van der Waals surface area contributed by atoms with Gasteiger partial charge in [-0.25, -0.2) is 4.90 Å². The maximum Gasteiger partial charge on any atom is 0.283 e.